The van der Waals surface area contributed by atoms with Gasteiger partial charge in [-0.2, -0.15) is 0 Å². The Hall–Kier alpha value is -3.75. The van der Waals surface area contributed by atoms with E-state index in [0.717, 1.165) is 18.4 Å². The highest BCUT2D eigenvalue weighted by Gasteiger charge is 2.24. The summed E-state index contributed by atoms with van der Waals surface area (Å²) in [6.45, 7) is 3.80. The summed E-state index contributed by atoms with van der Waals surface area (Å²) in [6.07, 6.45) is 3.46. The summed E-state index contributed by atoms with van der Waals surface area (Å²) in [5, 5.41) is 5.96. The molecule has 1 aliphatic heterocycles. The van der Waals surface area contributed by atoms with Crippen LogP contribution >= 0.6 is 0 Å². The van der Waals surface area contributed by atoms with Crippen molar-refractivity contribution in [3.05, 3.63) is 70.5 Å². The Bertz CT molecular complexity index is 1260. The van der Waals surface area contributed by atoms with E-state index in [-0.39, 0.29) is 30.3 Å². The van der Waals surface area contributed by atoms with E-state index in [4.69, 9.17) is 0 Å². The summed E-state index contributed by atoms with van der Waals surface area (Å²) in [5.41, 5.74) is 1.86. The molecule has 1 fully saturated rings. The van der Waals surface area contributed by atoms with E-state index in [1.807, 2.05) is 19.1 Å². The third-order valence-corrected chi connectivity index (χ3v) is 6.13. The number of urea groups is 1. The van der Waals surface area contributed by atoms with Crippen LogP contribution in [-0.4, -0.2) is 46.0 Å². The van der Waals surface area contributed by atoms with Gasteiger partial charge in [-0.25, -0.2) is 14.2 Å². The summed E-state index contributed by atoms with van der Waals surface area (Å²) in [6, 6.07) is 10.8. The second kappa shape index (κ2) is 10.5. The van der Waals surface area contributed by atoms with Crippen molar-refractivity contribution in [2.75, 3.05) is 25.0 Å². The van der Waals surface area contributed by atoms with Gasteiger partial charge >= 0.3 is 6.03 Å². The van der Waals surface area contributed by atoms with Gasteiger partial charge in [0.2, 0.25) is 5.91 Å². The van der Waals surface area contributed by atoms with Crippen LogP contribution in [0.15, 0.2) is 53.6 Å². The van der Waals surface area contributed by atoms with Crippen LogP contribution in [0.2, 0.25) is 0 Å². The molecule has 3 aromatic rings. The molecule has 0 saturated carbocycles. The number of rotatable bonds is 6. The Morgan fingerprint density at radius 2 is 2.03 bits per heavy atom. The number of nitrogens with one attached hydrogen (secondary N) is 2. The van der Waals surface area contributed by atoms with Crippen molar-refractivity contribution in [3.63, 3.8) is 0 Å². The van der Waals surface area contributed by atoms with E-state index < -0.39 is 11.8 Å². The quantitative estimate of drug-likeness (QED) is 0.584. The fraction of sp³-hybridized carbons (Fsp3) is 0.360. The number of fused-ring (bicyclic) bond motifs is 1. The Labute approximate surface area is 196 Å². The molecular formula is C25H28FN5O3. The lowest BCUT2D eigenvalue weighted by Crippen LogP contribution is -2.44. The monoisotopic (exact) mass is 465 g/mol. The molecule has 3 amide bonds. The molecule has 1 aromatic heterocycles. The third-order valence-electron chi connectivity index (χ3n) is 6.13. The number of carbonyl (C=O) groups excluding carboxylic acids is 2. The molecule has 34 heavy (non-hydrogen) atoms. The number of likely N-dealkylation sites (tertiary alicyclic amines) is 1. The maximum absolute atomic E-state index is 13.3. The van der Waals surface area contributed by atoms with Gasteiger partial charge in [-0.1, -0.05) is 18.2 Å². The summed E-state index contributed by atoms with van der Waals surface area (Å²) < 4.78 is 14.7. The van der Waals surface area contributed by atoms with Crippen LogP contribution < -0.4 is 16.2 Å². The van der Waals surface area contributed by atoms with Crippen molar-refractivity contribution in [1.82, 2.24) is 19.8 Å². The van der Waals surface area contributed by atoms with Crippen LogP contribution in [0.1, 0.15) is 24.8 Å². The predicted molar refractivity (Wildman–Crippen MR) is 128 cm³/mol. The normalized spacial score (nSPS) is 15.8. The number of para-hydroxylation sites is 1. The maximum Gasteiger partial charge on any atom is 0.319 e. The first-order valence-corrected chi connectivity index (χ1v) is 11.4. The molecule has 0 radical (unpaired) electrons. The van der Waals surface area contributed by atoms with E-state index in [9.17, 15) is 18.8 Å². The van der Waals surface area contributed by atoms with Gasteiger partial charge < -0.3 is 15.5 Å². The lowest BCUT2D eigenvalue weighted by molar-refractivity contribution is -0.133. The largest absolute Gasteiger partial charge is 0.342 e. The van der Waals surface area contributed by atoms with Gasteiger partial charge in [-0.3, -0.25) is 14.2 Å². The zero-order chi connectivity index (χ0) is 24.1. The fourth-order valence-corrected chi connectivity index (χ4v) is 4.31. The van der Waals surface area contributed by atoms with E-state index in [0.29, 0.717) is 36.2 Å². The van der Waals surface area contributed by atoms with Crippen LogP contribution in [0.25, 0.3) is 10.9 Å². The minimum absolute atomic E-state index is 0.0230. The lowest BCUT2D eigenvalue weighted by Gasteiger charge is -2.33. The van der Waals surface area contributed by atoms with Crippen LogP contribution in [-0.2, 0) is 11.3 Å². The molecule has 2 aromatic carbocycles. The highest BCUT2D eigenvalue weighted by molar-refractivity contribution is 5.89. The average Bonchev–Trinajstić information content (AvgIpc) is 2.83. The number of piperidine rings is 1. The second-order valence-corrected chi connectivity index (χ2v) is 8.66. The summed E-state index contributed by atoms with van der Waals surface area (Å²) in [4.78, 5) is 43.9. The number of halogens is 1. The van der Waals surface area contributed by atoms with Gasteiger partial charge in [0.05, 0.1) is 17.2 Å². The maximum atomic E-state index is 13.3. The van der Waals surface area contributed by atoms with Crippen LogP contribution in [0.4, 0.5) is 14.9 Å². The van der Waals surface area contributed by atoms with Crippen molar-refractivity contribution in [3.8, 4) is 0 Å². The van der Waals surface area contributed by atoms with Crippen LogP contribution in [0.5, 0.6) is 0 Å². The molecule has 1 aliphatic rings. The smallest absolute Gasteiger partial charge is 0.319 e. The van der Waals surface area contributed by atoms with Gasteiger partial charge in [-0.05, 0) is 55.5 Å². The zero-order valence-electron chi connectivity index (χ0n) is 19.1. The standard InChI is InChI=1S/C25H28FN5O3/c1-17-5-2-9-21-23(17)28-16-31(24(21)33)12-10-22(32)30-11-4-6-18(15-30)14-27-25(34)29-20-8-3-7-19(26)13-20/h2-3,5,7-9,13,16,18H,4,6,10-12,14-15H2,1H3,(H2,27,29,34). The number of benzene rings is 2. The van der Waals surface area contributed by atoms with Crippen molar-refractivity contribution >= 4 is 28.5 Å². The van der Waals surface area contributed by atoms with Crippen LogP contribution in [0.3, 0.4) is 0 Å². The molecule has 4 rings (SSSR count). The van der Waals surface area contributed by atoms with Gasteiger partial charge in [0.1, 0.15) is 5.82 Å². The predicted octanol–water partition coefficient (Wildman–Crippen LogP) is 3.29. The minimum Gasteiger partial charge on any atom is -0.342 e. The molecule has 0 bridgehead atoms. The van der Waals surface area contributed by atoms with Crippen LogP contribution in [0, 0.1) is 18.7 Å². The van der Waals surface area contributed by atoms with Crippen molar-refractivity contribution < 1.29 is 14.0 Å². The zero-order valence-corrected chi connectivity index (χ0v) is 19.1. The minimum atomic E-state index is -0.420. The van der Waals surface area contributed by atoms with E-state index in [1.165, 1.54) is 29.1 Å². The summed E-state index contributed by atoms with van der Waals surface area (Å²) in [7, 11) is 0. The number of hydrogen-bond acceptors (Lipinski definition) is 4. The topological polar surface area (TPSA) is 96.3 Å². The highest BCUT2D eigenvalue weighted by Crippen LogP contribution is 2.17. The van der Waals surface area contributed by atoms with Crippen molar-refractivity contribution in [1.29, 1.82) is 0 Å². The molecule has 0 spiro atoms. The second-order valence-electron chi connectivity index (χ2n) is 8.66. The molecule has 1 unspecified atom stereocenters. The fourth-order valence-electron chi connectivity index (χ4n) is 4.31. The number of aromatic nitrogens is 2. The molecule has 0 aliphatic carbocycles. The summed E-state index contributed by atoms with van der Waals surface area (Å²) in [5.74, 6) is -0.315. The Balaban J connectivity index is 1.28. The Morgan fingerprint density at radius 3 is 2.85 bits per heavy atom. The molecule has 8 nitrogen and oxygen atoms in total. The Morgan fingerprint density at radius 1 is 1.21 bits per heavy atom. The van der Waals surface area contributed by atoms with E-state index in [2.05, 4.69) is 15.6 Å². The number of amides is 3. The Kier molecular flexibility index (Phi) is 7.20. The first-order chi connectivity index (χ1) is 16.4. The molecule has 1 saturated heterocycles. The summed E-state index contributed by atoms with van der Waals surface area (Å²) >= 11 is 0. The van der Waals surface area contributed by atoms with Gasteiger partial charge in [-0.15, -0.1) is 0 Å². The van der Waals surface area contributed by atoms with Gasteiger partial charge in [0.15, 0.2) is 0 Å². The molecule has 9 heteroatoms. The first kappa shape index (κ1) is 23.4. The number of carbonyl (C=O) groups is 2. The number of aryl methyl sites for hydroxylation is 2. The number of anilines is 1. The first-order valence-electron chi connectivity index (χ1n) is 11.4. The van der Waals surface area contributed by atoms with Gasteiger partial charge in [0, 0.05) is 38.3 Å². The molecule has 2 N–H and O–H groups in total. The molecule has 2 heterocycles. The highest BCUT2D eigenvalue weighted by atomic mass is 19.1. The van der Waals surface area contributed by atoms with E-state index >= 15 is 0 Å². The SMILES string of the molecule is Cc1cccc2c(=O)n(CCC(=O)N3CCCC(CNC(=O)Nc4cccc(F)c4)C3)cnc12. The average molecular weight is 466 g/mol. The van der Waals surface area contributed by atoms with Crippen molar-refractivity contribution in [2.45, 2.75) is 32.7 Å². The van der Waals surface area contributed by atoms with Crippen molar-refractivity contribution in [2.24, 2.45) is 5.92 Å². The lowest BCUT2D eigenvalue weighted by atomic mass is 9.97. The number of hydrogen-bond donors (Lipinski definition) is 2. The molecular weight excluding hydrogens is 437 g/mol. The van der Waals surface area contributed by atoms with Gasteiger partial charge in [0.25, 0.3) is 5.56 Å². The molecule has 178 valence electrons. The van der Waals surface area contributed by atoms with E-state index in [1.54, 1.807) is 17.0 Å². The molecule has 1 atom stereocenters. The number of nitrogens with zero attached hydrogens (tertiary/aromatic N) is 3. The third kappa shape index (κ3) is 5.59.